The molecule has 1 aromatic heterocycles. The number of nitrogens with one attached hydrogen (secondary N) is 2. The number of rotatable bonds is 6. The second-order valence-electron chi connectivity index (χ2n) is 9.80. The lowest BCUT2D eigenvalue weighted by molar-refractivity contribution is -0.128. The average molecular weight is 560 g/mol. The third kappa shape index (κ3) is 7.06. The Morgan fingerprint density at radius 3 is 1.93 bits per heavy atom. The van der Waals surface area contributed by atoms with Crippen LogP contribution in [0, 0.1) is 0 Å². The molecule has 2 fully saturated rings. The smallest absolute Gasteiger partial charge is 0.323 e. The van der Waals surface area contributed by atoms with E-state index >= 15 is 0 Å². The minimum Gasteiger partial charge on any atom is -0.378 e. The largest absolute Gasteiger partial charge is 0.378 e. The van der Waals surface area contributed by atoms with Crippen molar-refractivity contribution in [1.29, 1.82) is 0 Å². The van der Waals surface area contributed by atoms with Crippen LogP contribution in [0.1, 0.15) is 23.7 Å². The molecular formula is C28H33N9O4. The van der Waals surface area contributed by atoms with Crippen molar-refractivity contribution < 1.29 is 19.1 Å². The van der Waals surface area contributed by atoms with Gasteiger partial charge in [-0.15, -0.1) is 0 Å². The monoisotopic (exact) mass is 559 g/mol. The fourth-order valence-electron chi connectivity index (χ4n) is 4.68. The Hall–Kier alpha value is -4.78. The number of hydrogen-bond donors (Lipinski definition) is 3. The normalized spacial score (nSPS) is 15.7. The van der Waals surface area contributed by atoms with Crippen molar-refractivity contribution in [2.45, 2.75) is 13.3 Å². The molecule has 0 atom stereocenters. The maximum Gasteiger partial charge on any atom is 0.323 e. The zero-order valence-corrected chi connectivity index (χ0v) is 22.9. The number of amides is 4. The van der Waals surface area contributed by atoms with Gasteiger partial charge < -0.3 is 35.8 Å². The molecule has 3 heterocycles. The molecule has 0 spiro atoms. The minimum absolute atomic E-state index is 0.0700. The molecule has 0 radical (unpaired) electrons. The molecule has 4 N–H and O–H groups in total. The number of morpholine rings is 1. The van der Waals surface area contributed by atoms with E-state index in [1.165, 1.54) is 0 Å². The van der Waals surface area contributed by atoms with E-state index in [4.69, 9.17) is 25.4 Å². The fourth-order valence-corrected chi connectivity index (χ4v) is 4.68. The molecule has 13 nitrogen and oxygen atoms in total. The van der Waals surface area contributed by atoms with Gasteiger partial charge in [0.1, 0.15) is 0 Å². The van der Waals surface area contributed by atoms with Crippen molar-refractivity contribution in [1.82, 2.24) is 19.9 Å². The Kier molecular flexibility index (Phi) is 8.53. The van der Waals surface area contributed by atoms with E-state index in [-0.39, 0.29) is 5.91 Å². The van der Waals surface area contributed by atoms with Crippen LogP contribution in [0.3, 0.4) is 0 Å². The highest BCUT2D eigenvalue weighted by Gasteiger charge is 2.23. The van der Waals surface area contributed by atoms with Crippen molar-refractivity contribution in [3.05, 3.63) is 54.1 Å². The lowest BCUT2D eigenvalue weighted by Crippen LogP contribution is -2.38. The SMILES string of the molecule is CC(=O)N1CCCN(c2nc(-c3ccc(NC(=O)Nc4ccc(C(N)=O)cc4)cc3)nc(N3CCOCC3)n2)CC1. The summed E-state index contributed by atoms with van der Waals surface area (Å²) in [4.78, 5) is 56.1. The maximum atomic E-state index is 12.5. The van der Waals surface area contributed by atoms with Crippen LogP contribution in [0.25, 0.3) is 11.4 Å². The van der Waals surface area contributed by atoms with E-state index in [0.717, 1.165) is 18.5 Å². The van der Waals surface area contributed by atoms with E-state index < -0.39 is 11.9 Å². The highest BCUT2D eigenvalue weighted by atomic mass is 16.5. The summed E-state index contributed by atoms with van der Waals surface area (Å²) in [7, 11) is 0. The molecule has 0 aliphatic carbocycles. The molecule has 3 aromatic rings. The number of ether oxygens (including phenoxy) is 1. The van der Waals surface area contributed by atoms with Crippen LogP contribution >= 0.6 is 0 Å². The van der Waals surface area contributed by atoms with E-state index in [1.54, 1.807) is 43.3 Å². The highest BCUT2D eigenvalue weighted by Crippen LogP contribution is 2.24. The molecule has 2 aliphatic rings. The first kappa shape index (κ1) is 27.8. The second kappa shape index (κ2) is 12.6. The molecular weight excluding hydrogens is 526 g/mol. The van der Waals surface area contributed by atoms with Crippen molar-refractivity contribution in [3.63, 3.8) is 0 Å². The number of benzene rings is 2. The number of aromatic nitrogens is 3. The quantitative estimate of drug-likeness (QED) is 0.411. The van der Waals surface area contributed by atoms with Gasteiger partial charge in [-0.2, -0.15) is 15.0 Å². The molecule has 2 aliphatic heterocycles. The fraction of sp³-hybridized carbons (Fsp3) is 0.357. The van der Waals surface area contributed by atoms with Gasteiger partial charge in [0.25, 0.3) is 0 Å². The molecule has 2 aromatic carbocycles. The number of urea groups is 1. The van der Waals surface area contributed by atoms with E-state index in [9.17, 15) is 14.4 Å². The van der Waals surface area contributed by atoms with Crippen LogP contribution in [0.5, 0.6) is 0 Å². The van der Waals surface area contributed by atoms with E-state index in [1.807, 2.05) is 17.0 Å². The van der Waals surface area contributed by atoms with Gasteiger partial charge in [-0.1, -0.05) is 0 Å². The number of hydrogen-bond acceptors (Lipinski definition) is 9. The number of carbonyl (C=O) groups excluding carboxylic acids is 3. The molecule has 0 unspecified atom stereocenters. The Morgan fingerprint density at radius 2 is 1.34 bits per heavy atom. The molecule has 5 rings (SSSR count). The first-order valence-corrected chi connectivity index (χ1v) is 13.5. The van der Waals surface area contributed by atoms with Crippen LogP contribution in [-0.4, -0.2) is 90.2 Å². The second-order valence-corrected chi connectivity index (χ2v) is 9.80. The van der Waals surface area contributed by atoms with Crippen LogP contribution in [0.15, 0.2) is 48.5 Å². The average Bonchev–Trinajstić information content (AvgIpc) is 3.25. The zero-order valence-electron chi connectivity index (χ0n) is 22.9. The molecule has 2 saturated heterocycles. The third-order valence-electron chi connectivity index (χ3n) is 6.96. The number of nitrogens with zero attached hydrogens (tertiary/aromatic N) is 6. The lowest BCUT2D eigenvalue weighted by atomic mass is 10.2. The van der Waals surface area contributed by atoms with E-state index in [0.29, 0.717) is 80.6 Å². The van der Waals surface area contributed by atoms with Gasteiger partial charge in [0.15, 0.2) is 5.82 Å². The van der Waals surface area contributed by atoms with Crippen molar-refractivity contribution in [2.75, 3.05) is 72.9 Å². The Labute approximate surface area is 237 Å². The topological polar surface area (TPSA) is 159 Å². The summed E-state index contributed by atoms with van der Waals surface area (Å²) < 4.78 is 5.51. The van der Waals surface area contributed by atoms with Crippen LogP contribution in [-0.2, 0) is 9.53 Å². The summed E-state index contributed by atoms with van der Waals surface area (Å²) in [6.45, 7) is 6.86. The first-order valence-electron chi connectivity index (χ1n) is 13.5. The molecule has 41 heavy (non-hydrogen) atoms. The minimum atomic E-state index is -0.533. The van der Waals surface area contributed by atoms with Gasteiger partial charge in [-0.25, -0.2) is 4.79 Å². The highest BCUT2D eigenvalue weighted by molar-refractivity contribution is 6.00. The van der Waals surface area contributed by atoms with Crippen molar-refractivity contribution in [2.24, 2.45) is 5.73 Å². The summed E-state index contributed by atoms with van der Waals surface area (Å²) in [5.41, 5.74) is 7.50. The lowest BCUT2D eigenvalue weighted by Gasteiger charge is -2.28. The summed E-state index contributed by atoms with van der Waals surface area (Å²) >= 11 is 0. The predicted octanol–water partition coefficient (Wildman–Crippen LogP) is 2.18. The van der Waals surface area contributed by atoms with E-state index in [2.05, 4.69) is 20.4 Å². The Bertz CT molecular complexity index is 1390. The van der Waals surface area contributed by atoms with Gasteiger partial charge in [0, 0.05) is 68.7 Å². The number of anilines is 4. The molecule has 0 saturated carbocycles. The number of nitrogens with two attached hydrogens (primary N) is 1. The van der Waals surface area contributed by atoms with Crippen LogP contribution < -0.4 is 26.2 Å². The first-order chi connectivity index (χ1) is 19.9. The van der Waals surface area contributed by atoms with Crippen LogP contribution in [0.2, 0.25) is 0 Å². The molecule has 13 heteroatoms. The molecule has 0 bridgehead atoms. The standard InChI is InChI=1S/C28H33N9O4/c1-19(38)35-11-2-12-36(14-13-35)26-32-25(33-27(34-26)37-15-17-41-18-16-37)21-5-9-23(10-6-21)31-28(40)30-22-7-3-20(4-8-22)24(29)39/h3-10H,2,11-18H2,1H3,(H2,29,39)(H2,30,31,40). The summed E-state index contributed by atoms with van der Waals surface area (Å²) in [5.74, 6) is 1.22. The maximum absolute atomic E-state index is 12.5. The predicted molar refractivity (Wildman–Crippen MR) is 155 cm³/mol. The molecule has 4 amide bonds. The van der Waals surface area contributed by atoms with Gasteiger partial charge in [0.05, 0.1) is 13.2 Å². The van der Waals surface area contributed by atoms with Gasteiger partial charge in [-0.3, -0.25) is 9.59 Å². The molecule has 214 valence electrons. The summed E-state index contributed by atoms with van der Waals surface area (Å²) in [6.07, 6.45) is 0.825. The van der Waals surface area contributed by atoms with Crippen molar-refractivity contribution >= 4 is 41.1 Å². The Balaban J connectivity index is 1.33. The third-order valence-corrected chi connectivity index (χ3v) is 6.96. The van der Waals surface area contributed by atoms with Gasteiger partial charge >= 0.3 is 6.03 Å². The van der Waals surface area contributed by atoms with Crippen molar-refractivity contribution in [3.8, 4) is 11.4 Å². The summed E-state index contributed by atoms with van der Waals surface area (Å²) in [6, 6.07) is 13.1. The summed E-state index contributed by atoms with van der Waals surface area (Å²) in [5, 5.41) is 5.52. The zero-order chi connectivity index (χ0) is 28.8. The van der Waals surface area contributed by atoms with Gasteiger partial charge in [0.2, 0.25) is 23.7 Å². The van der Waals surface area contributed by atoms with Gasteiger partial charge in [-0.05, 0) is 55.0 Å². The number of carbonyl (C=O) groups is 3. The van der Waals surface area contributed by atoms with Crippen LogP contribution in [0.4, 0.5) is 28.1 Å². The Morgan fingerprint density at radius 1 is 0.756 bits per heavy atom. The number of primary amides is 1.